The van der Waals surface area contributed by atoms with E-state index in [-0.39, 0.29) is 11.2 Å². The summed E-state index contributed by atoms with van der Waals surface area (Å²) in [5, 5.41) is 13.5. The summed E-state index contributed by atoms with van der Waals surface area (Å²) in [6.07, 6.45) is 1.60. The number of amides is 1. The molecule has 5 nitrogen and oxygen atoms in total. The number of thioether (sulfide) groups is 1. The van der Waals surface area contributed by atoms with E-state index in [2.05, 4.69) is 20.7 Å². The molecule has 1 heterocycles. The molecular weight excluding hydrogens is 260 g/mol. The van der Waals surface area contributed by atoms with Crippen LogP contribution in [0.25, 0.3) is 0 Å². The van der Waals surface area contributed by atoms with E-state index >= 15 is 0 Å². The van der Waals surface area contributed by atoms with Crippen LogP contribution in [0.4, 0.5) is 5.69 Å². The Morgan fingerprint density at radius 1 is 1.37 bits per heavy atom. The Balaban J connectivity index is 1.98. The molecule has 19 heavy (non-hydrogen) atoms. The molecular formula is C13H16N4OS. The molecule has 1 unspecified atom stereocenters. The zero-order valence-electron chi connectivity index (χ0n) is 11.1. The molecule has 2 N–H and O–H groups in total. The van der Waals surface area contributed by atoms with Gasteiger partial charge < -0.3 is 5.32 Å². The molecule has 0 aliphatic rings. The lowest BCUT2D eigenvalue weighted by Gasteiger charge is -2.11. The van der Waals surface area contributed by atoms with Crippen molar-refractivity contribution in [2.24, 2.45) is 0 Å². The summed E-state index contributed by atoms with van der Waals surface area (Å²) in [5.74, 6) is -0.0451. The number of aryl methyl sites for hydroxylation is 2. The quantitative estimate of drug-likeness (QED) is 0.842. The number of nitrogens with one attached hydrogen (secondary N) is 2. The van der Waals surface area contributed by atoms with Gasteiger partial charge in [-0.15, -0.1) is 5.10 Å². The first-order valence-corrected chi connectivity index (χ1v) is 6.85. The lowest BCUT2D eigenvalue weighted by atomic mass is 10.1. The average molecular weight is 276 g/mol. The van der Waals surface area contributed by atoms with E-state index in [1.807, 2.05) is 39.0 Å². The summed E-state index contributed by atoms with van der Waals surface area (Å²) < 4.78 is 0. The van der Waals surface area contributed by atoms with Crippen molar-refractivity contribution < 1.29 is 4.79 Å². The topological polar surface area (TPSA) is 70.7 Å². The average Bonchev–Trinajstić information content (AvgIpc) is 2.86. The Hall–Kier alpha value is -1.82. The molecule has 0 aliphatic carbocycles. The summed E-state index contributed by atoms with van der Waals surface area (Å²) in [4.78, 5) is 12.0. The number of H-pyrrole nitrogens is 1. The largest absolute Gasteiger partial charge is 0.325 e. The van der Waals surface area contributed by atoms with Gasteiger partial charge in [-0.25, -0.2) is 0 Å². The Kier molecular flexibility index (Phi) is 4.21. The highest BCUT2D eigenvalue weighted by molar-refractivity contribution is 8.00. The van der Waals surface area contributed by atoms with Crippen LogP contribution in [0, 0.1) is 13.8 Å². The number of aromatic amines is 1. The highest BCUT2D eigenvalue weighted by atomic mass is 32.2. The van der Waals surface area contributed by atoms with Crippen LogP contribution in [0.3, 0.4) is 0 Å². The van der Waals surface area contributed by atoms with E-state index in [9.17, 15) is 4.79 Å². The number of hydrogen-bond donors (Lipinski definition) is 2. The minimum atomic E-state index is -0.230. The van der Waals surface area contributed by atoms with Crippen molar-refractivity contribution in [3.63, 3.8) is 0 Å². The third kappa shape index (κ3) is 3.57. The number of rotatable bonds is 4. The number of aromatic nitrogens is 3. The fourth-order valence-corrected chi connectivity index (χ4v) is 2.28. The number of carbonyl (C=O) groups excluding carboxylic acids is 1. The van der Waals surface area contributed by atoms with Gasteiger partial charge >= 0.3 is 0 Å². The summed E-state index contributed by atoms with van der Waals surface area (Å²) >= 11 is 1.37. The van der Waals surface area contributed by atoms with E-state index in [0.29, 0.717) is 5.03 Å². The molecule has 0 fully saturated rings. The summed E-state index contributed by atoms with van der Waals surface area (Å²) in [6.45, 7) is 5.91. The second kappa shape index (κ2) is 5.88. The van der Waals surface area contributed by atoms with Gasteiger partial charge in [0, 0.05) is 5.69 Å². The zero-order valence-corrected chi connectivity index (χ0v) is 11.9. The van der Waals surface area contributed by atoms with Crippen LogP contribution < -0.4 is 5.32 Å². The second-order valence-corrected chi connectivity index (χ2v) is 5.72. The van der Waals surface area contributed by atoms with Crippen LogP contribution in [0.15, 0.2) is 29.4 Å². The lowest BCUT2D eigenvalue weighted by Crippen LogP contribution is -2.22. The van der Waals surface area contributed by atoms with Crippen molar-refractivity contribution in [2.45, 2.75) is 31.0 Å². The third-order valence-corrected chi connectivity index (χ3v) is 3.84. The van der Waals surface area contributed by atoms with Crippen molar-refractivity contribution in [1.82, 2.24) is 15.4 Å². The molecule has 0 bridgehead atoms. The van der Waals surface area contributed by atoms with Crippen LogP contribution in [0.5, 0.6) is 0 Å². The van der Waals surface area contributed by atoms with Crippen LogP contribution in [-0.2, 0) is 4.79 Å². The molecule has 1 amide bonds. The van der Waals surface area contributed by atoms with Crippen molar-refractivity contribution in [2.75, 3.05) is 5.32 Å². The third-order valence-electron chi connectivity index (χ3n) is 2.83. The highest BCUT2D eigenvalue weighted by Crippen LogP contribution is 2.21. The number of carbonyl (C=O) groups is 1. The Bertz CT molecular complexity index is 568. The van der Waals surface area contributed by atoms with Gasteiger partial charge in [-0.1, -0.05) is 17.8 Å². The molecule has 1 atom stereocenters. The molecule has 2 aromatic rings. The zero-order chi connectivity index (χ0) is 13.8. The van der Waals surface area contributed by atoms with E-state index in [1.54, 1.807) is 6.20 Å². The van der Waals surface area contributed by atoms with Gasteiger partial charge in [-0.2, -0.15) is 10.3 Å². The first-order valence-electron chi connectivity index (χ1n) is 5.97. The molecule has 0 aliphatic heterocycles. The fraction of sp³-hybridized carbons (Fsp3) is 0.308. The van der Waals surface area contributed by atoms with Gasteiger partial charge in [0.1, 0.15) is 5.03 Å². The smallest absolute Gasteiger partial charge is 0.237 e. The molecule has 100 valence electrons. The number of hydrogen-bond acceptors (Lipinski definition) is 4. The summed E-state index contributed by atoms with van der Waals surface area (Å²) in [6, 6.07) is 5.88. The monoisotopic (exact) mass is 276 g/mol. The molecule has 0 saturated carbocycles. The molecule has 1 aromatic heterocycles. The Morgan fingerprint density at radius 2 is 2.16 bits per heavy atom. The Morgan fingerprint density at radius 3 is 2.79 bits per heavy atom. The molecule has 6 heteroatoms. The van der Waals surface area contributed by atoms with Crippen molar-refractivity contribution in [1.29, 1.82) is 0 Å². The first-order chi connectivity index (χ1) is 9.06. The van der Waals surface area contributed by atoms with Crippen LogP contribution in [0.2, 0.25) is 0 Å². The molecule has 1 aromatic carbocycles. The van der Waals surface area contributed by atoms with Gasteiger partial charge in [0.05, 0.1) is 11.4 Å². The van der Waals surface area contributed by atoms with Gasteiger partial charge in [0.25, 0.3) is 0 Å². The number of anilines is 1. The maximum atomic E-state index is 12.0. The summed E-state index contributed by atoms with van der Waals surface area (Å²) in [5.41, 5.74) is 3.19. The molecule has 0 radical (unpaired) electrons. The van der Waals surface area contributed by atoms with Gasteiger partial charge in [0.2, 0.25) is 5.91 Å². The maximum Gasteiger partial charge on any atom is 0.237 e. The van der Waals surface area contributed by atoms with Gasteiger partial charge in [-0.05, 0) is 44.0 Å². The predicted molar refractivity (Wildman–Crippen MR) is 76.2 cm³/mol. The van der Waals surface area contributed by atoms with E-state index in [1.165, 1.54) is 17.3 Å². The second-order valence-electron chi connectivity index (χ2n) is 4.36. The normalized spacial score (nSPS) is 12.2. The minimum Gasteiger partial charge on any atom is -0.325 e. The van der Waals surface area contributed by atoms with Crippen LogP contribution in [-0.4, -0.2) is 26.6 Å². The number of benzene rings is 1. The number of nitrogens with zero attached hydrogens (tertiary/aromatic N) is 2. The highest BCUT2D eigenvalue weighted by Gasteiger charge is 2.15. The predicted octanol–water partition coefficient (Wildman–Crippen LogP) is 2.54. The molecule has 0 spiro atoms. The van der Waals surface area contributed by atoms with Crippen LogP contribution >= 0.6 is 11.8 Å². The fourth-order valence-electron chi connectivity index (χ4n) is 1.55. The van der Waals surface area contributed by atoms with Gasteiger partial charge in [-0.3, -0.25) is 4.79 Å². The lowest BCUT2D eigenvalue weighted by molar-refractivity contribution is -0.115. The summed E-state index contributed by atoms with van der Waals surface area (Å²) in [7, 11) is 0. The van der Waals surface area contributed by atoms with E-state index in [4.69, 9.17) is 0 Å². The van der Waals surface area contributed by atoms with E-state index < -0.39 is 0 Å². The standard InChI is InChI=1S/C13H16N4OS/c1-8-4-5-11(6-9(8)2)15-13(18)10(3)19-12-7-14-17-16-12/h4-7,10H,1-3H3,(H,15,18)(H,14,16,17). The SMILES string of the molecule is Cc1ccc(NC(=O)C(C)Sc2cn[nH]n2)cc1C. The van der Waals surface area contributed by atoms with Crippen molar-refractivity contribution >= 4 is 23.4 Å². The maximum absolute atomic E-state index is 12.0. The van der Waals surface area contributed by atoms with Crippen LogP contribution in [0.1, 0.15) is 18.1 Å². The first kappa shape index (κ1) is 13.6. The van der Waals surface area contributed by atoms with Gasteiger partial charge in [0.15, 0.2) is 0 Å². The molecule has 2 rings (SSSR count). The molecule has 0 saturated heterocycles. The van der Waals surface area contributed by atoms with Crippen molar-refractivity contribution in [3.8, 4) is 0 Å². The van der Waals surface area contributed by atoms with E-state index in [0.717, 1.165) is 11.3 Å². The minimum absolute atomic E-state index is 0.0451. The van der Waals surface area contributed by atoms with Crippen molar-refractivity contribution in [3.05, 3.63) is 35.5 Å². The Labute approximate surface area is 116 Å².